The van der Waals surface area contributed by atoms with Crippen LogP contribution >= 0.6 is 0 Å². The molecule has 2 heteroatoms. The summed E-state index contributed by atoms with van der Waals surface area (Å²) in [4.78, 5) is 0. The molecule has 0 spiro atoms. The molecule has 1 aromatic rings. The first-order chi connectivity index (χ1) is 8.29. The highest BCUT2D eigenvalue weighted by Gasteiger charge is 1.92. The van der Waals surface area contributed by atoms with Crippen LogP contribution in [0.5, 0.6) is 0 Å². The Morgan fingerprint density at radius 1 is 1.24 bits per heavy atom. The molecule has 0 bridgehead atoms. The van der Waals surface area contributed by atoms with Crippen molar-refractivity contribution in [1.82, 2.24) is 5.32 Å². The van der Waals surface area contributed by atoms with Crippen molar-refractivity contribution in [3.63, 3.8) is 0 Å². The molecule has 0 unspecified atom stereocenters. The van der Waals surface area contributed by atoms with Gasteiger partial charge in [-0.1, -0.05) is 35.9 Å². The van der Waals surface area contributed by atoms with Crippen LogP contribution in [0.25, 0.3) is 0 Å². The monoisotopic (exact) mass is 233 g/mol. The van der Waals surface area contributed by atoms with Crippen molar-refractivity contribution in [3.05, 3.63) is 48.0 Å². The van der Waals surface area contributed by atoms with E-state index in [0.717, 1.165) is 39.1 Å². The van der Waals surface area contributed by atoms with Crippen LogP contribution in [0.2, 0.25) is 0 Å². The van der Waals surface area contributed by atoms with Crippen molar-refractivity contribution >= 4 is 0 Å². The van der Waals surface area contributed by atoms with Crippen LogP contribution in [0, 0.1) is 0 Å². The molecule has 0 heterocycles. The molecule has 1 aromatic carbocycles. The van der Waals surface area contributed by atoms with E-state index >= 15 is 0 Å². The molecule has 1 N–H and O–H groups in total. The lowest BCUT2D eigenvalue weighted by Gasteiger charge is -2.06. The quantitative estimate of drug-likeness (QED) is 0.522. The number of rotatable bonds is 9. The highest BCUT2D eigenvalue weighted by atomic mass is 16.5. The lowest BCUT2D eigenvalue weighted by molar-refractivity contribution is 0.134. The van der Waals surface area contributed by atoms with E-state index in [4.69, 9.17) is 4.74 Å². The van der Waals surface area contributed by atoms with Gasteiger partial charge in [-0.3, -0.25) is 0 Å². The van der Waals surface area contributed by atoms with Gasteiger partial charge in [0.25, 0.3) is 0 Å². The summed E-state index contributed by atoms with van der Waals surface area (Å²) in [6, 6.07) is 10.4. The van der Waals surface area contributed by atoms with Gasteiger partial charge >= 0.3 is 0 Å². The Morgan fingerprint density at radius 2 is 2.00 bits per heavy atom. The summed E-state index contributed by atoms with van der Waals surface area (Å²) >= 11 is 0. The summed E-state index contributed by atoms with van der Waals surface area (Å²) in [6.07, 6.45) is 2.03. The summed E-state index contributed by atoms with van der Waals surface area (Å²) in [7, 11) is 0. The largest absolute Gasteiger partial charge is 0.381 e. The standard InChI is InChI=1S/C15H23NO/c1-14(2)9-12-17-11-6-10-16-13-15-7-4-3-5-8-15/h3-5,7-8,16H,1,6,9-13H2,2H3. The Balaban J connectivity index is 1.90. The van der Waals surface area contributed by atoms with E-state index in [2.05, 4.69) is 36.2 Å². The van der Waals surface area contributed by atoms with Crippen LogP contribution in [-0.2, 0) is 11.3 Å². The molecule has 1 rings (SSSR count). The van der Waals surface area contributed by atoms with Gasteiger partial charge in [-0.15, -0.1) is 6.58 Å². The Morgan fingerprint density at radius 3 is 2.71 bits per heavy atom. The highest BCUT2D eigenvalue weighted by Crippen LogP contribution is 1.97. The van der Waals surface area contributed by atoms with Crippen molar-refractivity contribution in [1.29, 1.82) is 0 Å². The first-order valence-corrected chi connectivity index (χ1v) is 6.26. The molecule has 0 fully saturated rings. The zero-order chi connectivity index (χ0) is 12.3. The van der Waals surface area contributed by atoms with E-state index < -0.39 is 0 Å². The normalized spacial score (nSPS) is 10.4. The minimum Gasteiger partial charge on any atom is -0.381 e. The summed E-state index contributed by atoms with van der Waals surface area (Å²) in [5, 5.41) is 3.40. The zero-order valence-corrected chi connectivity index (χ0v) is 10.7. The number of nitrogens with one attached hydrogen (secondary N) is 1. The van der Waals surface area contributed by atoms with Crippen molar-refractivity contribution < 1.29 is 4.74 Å². The second kappa shape index (κ2) is 8.97. The smallest absolute Gasteiger partial charge is 0.0502 e. The lowest BCUT2D eigenvalue weighted by Crippen LogP contribution is -2.16. The first kappa shape index (κ1) is 13.9. The third kappa shape index (κ3) is 7.72. The summed E-state index contributed by atoms with van der Waals surface area (Å²) < 4.78 is 5.50. The number of benzene rings is 1. The Labute approximate surface area is 105 Å². The molecule has 0 amide bonds. The van der Waals surface area contributed by atoms with Gasteiger partial charge in [0.1, 0.15) is 0 Å². The van der Waals surface area contributed by atoms with E-state index in [1.165, 1.54) is 11.1 Å². The van der Waals surface area contributed by atoms with Crippen molar-refractivity contribution in [2.75, 3.05) is 19.8 Å². The minimum atomic E-state index is 0.800. The Bertz CT molecular complexity index is 308. The SMILES string of the molecule is C=C(C)CCOCCCNCc1ccccc1. The van der Waals surface area contributed by atoms with Gasteiger partial charge in [0, 0.05) is 13.2 Å². The number of hydrogen-bond acceptors (Lipinski definition) is 2. The van der Waals surface area contributed by atoms with Crippen LogP contribution < -0.4 is 5.32 Å². The van der Waals surface area contributed by atoms with E-state index in [9.17, 15) is 0 Å². The van der Waals surface area contributed by atoms with E-state index in [0.29, 0.717) is 0 Å². The van der Waals surface area contributed by atoms with Gasteiger partial charge in [-0.05, 0) is 31.9 Å². The predicted octanol–water partition coefficient (Wildman–Crippen LogP) is 3.15. The lowest BCUT2D eigenvalue weighted by atomic mass is 10.2. The summed E-state index contributed by atoms with van der Waals surface area (Å²) in [5.74, 6) is 0. The summed E-state index contributed by atoms with van der Waals surface area (Å²) in [5.41, 5.74) is 2.52. The molecule has 0 aromatic heterocycles. The third-order valence-electron chi connectivity index (χ3n) is 2.49. The van der Waals surface area contributed by atoms with Gasteiger partial charge in [0.15, 0.2) is 0 Å². The predicted molar refractivity (Wildman–Crippen MR) is 73.0 cm³/mol. The third-order valence-corrected chi connectivity index (χ3v) is 2.49. The first-order valence-electron chi connectivity index (χ1n) is 6.26. The maximum absolute atomic E-state index is 5.50. The minimum absolute atomic E-state index is 0.800. The highest BCUT2D eigenvalue weighted by molar-refractivity contribution is 5.14. The van der Waals surface area contributed by atoms with Gasteiger partial charge < -0.3 is 10.1 Å². The average molecular weight is 233 g/mol. The second-order valence-corrected chi connectivity index (χ2v) is 4.34. The van der Waals surface area contributed by atoms with Gasteiger partial charge in [0.2, 0.25) is 0 Å². The number of ether oxygens (including phenoxy) is 1. The molecule has 0 aliphatic carbocycles. The summed E-state index contributed by atoms with van der Waals surface area (Å²) in [6.45, 7) is 9.44. The Hall–Kier alpha value is -1.12. The molecular formula is C15H23NO. The second-order valence-electron chi connectivity index (χ2n) is 4.34. The van der Waals surface area contributed by atoms with Crippen LogP contribution in [0.15, 0.2) is 42.5 Å². The van der Waals surface area contributed by atoms with Crippen LogP contribution in [0.4, 0.5) is 0 Å². The molecule has 0 radical (unpaired) electrons. The maximum Gasteiger partial charge on any atom is 0.0502 e. The maximum atomic E-state index is 5.50. The molecule has 17 heavy (non-hydrogen) atoms. The van der Waals surface area contributed by atoms with Crippen LogP contribution in [0.3, 0.4) is 0 Å². The van der Waals surface area contributed by atoms with Crippen LogP contribution in [-0.4, -0.2) is 19.8 Å². The molecule has 0 saturated heterocycles. The zero-order valence-electron chi connectivity index (χ0n) is 10.7. The molecule has 0 aliphatic heterocycles. The van der Waals surface area contributed by atoms with E-state index in [-0.39, 0.29) is 0 Å². The molecule has 0 aliphatic rings. The molecule has 94 valence electrons. The van der Waals surface area contributed by atoms with Crippen molar-refractivity contribution in [2.24, 2.45) is 0 Å². The fraction of sp³-hybridized carbons (Fsp3) is 0.467. The van der Waals surface area contributed by atoms with Crippen molar-refractivity contribution in [2.45, 2.75) is 26.3 Å². The fourth-order valence-corrected chi connectivity index (χ4v) is 1.48. The molecular weight excluding hydrogens is 210 g/mol. The molecule has 2 nitrogen and oxygen atoms in total. The van der Waals surface area contributed by atoms with E-state index in [1.807, 2.05) is 13.0 Å². The van der Waals surface area contributed by atoms with Gasteiger partial charge in [-0.2, -0.15) is 0 Å². The van der Waals surface area contributed by atoms with E-state index in [1.54, 1.807) is 0 Å². The molecule has 0 atom stereocenters. The van der Waals surface area contributed by atoms with Gasteiger partial charge in [-0.25, -0.2) is 0 Å². The average Bonchev–Trinajstić information content (AvgIpc) is 2.33. The topological polar surface area (TPSA) is 21.3 Å². The van der Waals surface area contributed by atoms with Crippen molar-refractivity contribution in [3.8, 4) is 0 Å². The number of hydrogen-bond donors (Lipinski definition) is 1. The molecule has 0 saturated carbocycles. The van der Waals surface area contributed by atoms with Crippen LogP contribution in [0.1, 0.15) is 25.3 Å². The Kier molecular flexibility index (Phi) is 7.35. The van der Waals surface area contributed by atoms with Gasteiger partial charge in [0.05, 0.1) is 6.61 Å². The fourth-order valence-electron chi connectivity index (χ4n) is 1.48.